The van der Waals surface area contributed by atoms with Gasteiger partial charge in [0.15, 0.2) is 0 Å². The molecule has 6 rings (SSSR count). The second kappa shape index (κ2) is 9.02. The largest absolute Gasteiger partial charge is 0.508 e. The number of hydrogen-bond donors (Lipinski definition) is 2. The van der Waals surface area contributed by atoms with Crippen LogP contribution in [0.5, 0.6) is 5.75 Å². The number of phenolic OH excluding ortho intramolecular Hbond substituents is 1. The normalized spacial score (nSPS) is 29.8. The molecule has 0 heterocycles. The molecule has 1 unspecified atom stereocenters. The van der Waals surface area contributed by atoms with Crippen LogP contribution >= 0.6 is 0 Å². The zero-order valence-electron chi connectivity index (χ0n) is 21.4. The molecular formula is C31H34N2O3S. The highest BCUT2D eigenvalue weighted by molar-refractivity contribution is 7.89. The second-order valence-electron chi connectivity index (χ2n) is 11.4. The van der Waals surface area contributed by atoms with Crippen LogP contribution in [0, 0.1) is 24.2 Å². The third-order valence-corrected chi connectivity index (χ3v) is 10.5. The molecule has 5 nitrogen and oxygen atoms in total. The van der Waals surface area contributed by atoms with Crippen LogP contribution in [0.1, 0.15) is 66.7 Å². The van der Waals surface area contributed by atoms with Crippen molar-refractivity contribution in [2.75, 3.05) is 0 Å². The molecule has 0 radical (unpaired) electrons. The number of phenols is 1. The van der Waals surface area contributed by atoms with E-state index in [-0.39, 0.29) is 10.3 Å². The third-order valence-electron chi connectivity index (χ3n) is 9.32. The van der Waals surface area contributed by atoms with Gasteiger partial charge in [0, 0.05) is 11.1 Å². The molecule has 0 amide bonds. The smallest absolute Gasteiger partial charge is 0.276 e. The molecule has 3 aliphatic carbocycles. The number of rotatable bonds is 4. The lowest BCUT2D eigenvalue weighted by molar-refractivity contribution is 0.0772. The van der Waals surface area contributed by atoms with Gasteiger partial charge in [0.2, 0.25) is 0 Å². The Morgan fingerprint density at radius 1 is 0.973 bits per heavy atom. The summed E-state index contributed by atoms with van der Waals surface area (Å²) in [4.78, 5) is 2.81. The van der Waals surface area contributed by atoms with Gasteiger partial charge in [-0.05, 0) is 104 Å². The first-order valence-electron chi connectivity index (χ1n) is 13.3. The van der Waals surface area contributed by atoms with E-state index in [1.165, 1.54) is 16.7 Å². The number of nitrogens with zero attached hydrogens (tertiary/aromatic N) is 1. The van der Waals surface area contributed by atoms with Crippen molar-refractivity contribution in [3.63, 3.8) is 0 Å². The number of hydrazone groups is 1. The summed E-state index contributed by atoms with van der Waals surface area (Å²) >= 11 is 0. The fourth-order valence-corrected chi connectivity index (χ4v) is 8.41. The molecule has 2 N–H and O–H groups in total. The number of aromatic hydroxyl groups is 1. The fourth-order valence-electron chi connectivity index (χ4n) is 7.58. The van der Waals surface area contributed by atoms with Crippen LogP contribution < -0.4 is 4.83 Å². The number of aryl methyl sites for hydroxylation is 2. The van der Waals surface area contributed by atoms with Crippen molar-refractivity contribution in [1.29, 1.82) is 0 Å². The van der Waals surface area contributed by atoms with E-state index in [1.54, 1.807) is 24.3 Å². The number of fused-ring (bicyclic) bond motifs is 5. The average Bonchev–Trinajstić information content (AvgIpc) is 3.23. The van der Waals surface area contributed by atoms with Gasteiger partial charge in [-0.3, -0.25) is 0 Å². The Morgan fingerprint density at radius 2 is 1.73 bits per heavy atom. The summed E-state index contributed by atoms with van der Waals surface area (Å²) in [6.45, 7) is 4.25. The van der Waals surface area contributed by atoms with Gasteiger partial charge in [0.1, 0.15) is 5.75 Å². The van der Waals surface area contributed by atoms with E-state index in [0.29, 0.717) is 29.4 Å². The van der Waals surface area contributed by atoms with Crippen LogP contribution in [-0.2, 0) is 16.4 Å². The minimum absolute atomic E-state index is 0.175. The van der Waals surface area contributed by atoms with Crippen LogP contribution in [0.15, 0.2) is 82.8 Å². The monoisotopic (exact) mass is 514 g/mol. The zero-order valence-corrected chi connectivity index (χ0v) is 22.2. The molecule has 5 atom stereocenters. The van der Waals surface area contributed by atoms with Gasteiger partial charge >= 0.3 is 0 Å². The van der Waals surface area contributed by atoms with Gasteiger partial charge in [-0.25, -0.2) is 4.83 Å². The minimum Gasteiger partial charge on any atom is -0.508 e. The van der Waals surface area contributed by atoms with Crippen LogP contribution in [0.3, 0.4) is 0 Å². The van der Waals surface area contributed by atoms with E-state index in [9.17, 15) is 13.5 Å². The van der Waals surface area contributed by atoms with Gasteiger partial charge in [0.05, 0.1) is 4.90 Å². The van der Waals surface area contributed by atoms with Crippen LogP contribution in [0.4, 0.5) is 0 Å². The second-order valence-corrected chi connectivity index (χ2v) is 13.0. The highest BCUT2D eigenvalue weighted by Gasteiger charge is 2.57. The Hall–Kier alpha value is -3.12. The molecular weight excluding hydrogens is 480 g/mol. The molecule has 0 spiro atoms. The SMILES string of the molecule is Cc1ccc(S(=O)(=O)NN=C2CC[C@H]3[C@@H]4CCc5cc(O)ccc5[C@H]4C(c4ccccc4)C[C@]23C)cc1. The van der Waals surface area contributed by atoms with Crippen molar-refractivity contribution in [2.45, 2.75) is 62.7 Å². The number of benzene rings is 3. The predicted octanol–water partition coefficient (Wildman–Crippen LogP) is 6.28. The van der Waals surface area contributed by atoms with E-state index in [1.807, 2.05) is 19.1 Å². The molecule has 6 heteroatoms. The molecule has 0 saturated heterocycles. The summed E-state index contributed by atoms with van der Waals surface area (Å²) < 4.78 is 26.0. The third kappa shape index (κ3) is 4.15. The Balaban J connectivity index is 1.37. The van der Waals surface area contributed by atoms with Crippen molar-refractivity contribution in [2.24, 2.45) is 22.4 Å². The van der Waals surface area contributed by atoms with Crippen LogP contribution in [-0.4, -0.2) is 19.2 Å². The fraction of sp³-hybridized carbons (Fsp3) is 0.387. The molecule has 3 aromatic rings. The molecule has 3 aromatic carbocycles. The van der Waals surface area contributed by atoms with E-state index in [4.69, 9.17) is 0 Å². The lowest BCUT2D eigenvalue weighted by atomic mass is 9.51. The number of nitrogens with one attached hydrogen (secondary N) is 1. The highest BCUT2D eigenvalue weighted by atomic mass is 32.2. The Morgan fingerprint density at radius 3 is 2.49 bits per heavy atom. The summed E-state index contributed by atoms with van der Waals surface area (Å²) in [6, 6.07) is 23.5. The maximum atomic E-state index is 13.0. The maximum Gasteiger partial charge on any atom is 0.276 e. The highest BCUT2D eigenvalue weighted by Crippen LogP contribution is 2.64. The van der Waals surface area contributed by atoms with Crippen molar-refractivity contribution >= 4 is 15.7 Å². The molecule has 37 heavy (non-hydrogen) atoms. The molecule has 192 valence electrons. The quantitative estimate of drug-likeness (QED) is 0.402. The first-order chi connectivity index (χ1) is 17.8. The minimum atomic E-state index is -3.72. The van der Waals surface area contributed by atoms with E-state index in [0.717, 1.165) is 43.4 Å². The topological polar surface area (TPSA) is 78.8 Å². The van der Waals surface area contributed by atoms with Gasteiger partial charge in [0.25, 0.3) is 10.0 Å². The zero-order chi connectivity index (χ0) is 25.8. The Kier molecular flexibility index (Phi) is 5.90. The summed E-state index contributed by atoms with van der Waals surface area (Å²) in [5.41, 5.74) is 5.78. The van der Waals surface area contributed by atoms with E-state index in [2.05, 4.69) is 53.3 Å². The lowest BCUT2D eigenvalue weighted by Gasteiger charge is -2.53. The number of sulfonamides is 1. The van der Waals surface area contributed by atoms with Crippen LogP contribution in [0.25, 0.3) is 0 Å². The van der Waals surface area contributed by atoms with Gasteiger partial charge in [-0.1, -0.05) is 61.0 Å². The van der Waals surface area contributed by atoms with Gasteiger partial charge < -0.3 is 5.11 Å². The first-order valence-corrected chi connectivity index (χ1v) is 14.8. The molecule has 2 fully saturated rings. The summed E-state index contributed by atoms with van der Waals surface area (Å²) in [7, 11) is -3.72. The van der Waals surface area contributed by atoms with Gasteiger partial charge in [-0.2, -0.15) is 13.5 Å². The van der Waals surface area contributed by atoms with Crippen molar-refractivity contribution in [3.8, 4) is 5.75 Å². The van der Waals surface area contributed by atoms with Gasteiger partial charge in [-0.15, -0.1) is 0 Å². The summed E-state index contributed by atoms with van der Waals surface area (Å²) in [6.07, 6.45) is 4.80. The molecule has 2 saturated carbocycles. The maximum absolute atomic E-state index is 13.0. The van der Waals surface area contributed by atoms with E-state index >= 15 is 0 Å². The van der Waals surface area contributed by atoms with Crippen molar-refractivity contribution < 1.29 is 13.5 Å². The molecule has 3 aliphatic rings. The van der Waals surface area contributed by atoms with Crippen molar-refractivity contribution in [3.05, 3.63) is 95.1 Å². The summed E-state index contributed by atoms with van der Waals surface area (Å²) in [5.74, 6) is 1.95. The summed E-state index contributed by atoms with van der Waals surface area (Å²) in [5, 5.41) is 14.8. The predicted molar refractivity (Wildman–Crippen MR) is 146 cm³/mol. The van der Waals surface area contributed by atoms with Crippen LogP contribution in [0.2, 0.25) is 0 Å². The molecule has 0 aromatic heterocycles. The van der Waals surface area contributed by atoms with E-state index < -0.39 is 10.0 Å². The lowest BCUT2D eigenvalue weighted by Crippen LogP contribution is -2.46. The van der Waals surface area contributed by atoms with Crippen molar-refractivity contribution in [1.82, 2.24) is 4.83 Å². The first kappa shape index (κ1) is 24.2. The average molecular weight is 515 g/mol. The molecule has 0 aliphatic heterocycles. The number of hydrogen-bond acceptors (Lipinski definition) is 4. The standard InChI is InChI=1S/C31H34N2O3S/c1-20-8-12-24(13-9-20)37(35,36)33-32-29-17-16-28-26-14-10-22-18-23(34)11-15-25(22)30(26)27(19-31(28,29)2)21-6-4-3-5-7-21/h3-9,11-13,15,18,26-28,30,33-34H,10,14,16-17,19H2,1-2H3/t26-,27?,28-,30+,31-/m0/s1. The molecule has 0 bridgehead atoms. The Labute approximate surface area is 219 Å². The Bertz CT molecular complexity index is 1450.